The minimum absolute atomic E-state index is 0.0377. The third-order valence-corrected chi connectivity index (χ3v) is 8.25. The zero-order chi connectivity index (χ0) is 22.2. The first kappa shape index (κ1) is 21.2. The summed E-state index contributed by atoms with van der Waals surface area (Å²) in [4.78, 5) is 22.7. The molecule has 0 aliphatic heterocycles. The summed E-state index contributed by atoms with van der Waals surface area (Å²) in [6, 6.07) is 10.3. The smallest absolute Gasteiger partial charge is 0.259 e. The number of hydrogen-bond donors (Lipinski definition) is 2. The summed E-state index contributed by atoms with van der Waals surface area (Å²) in [6.07, 6.45) is 3.84. The number of rotatable bonds is 6. The molecule has 2 atom stereocenters. The molecule has 7 nitrogen and oxygen atoms in total. The molecule has 9 heteroatoms. The lowest BCUT2D eigenvalue weighted by molar-refractivity contribution is 0.509. The van der Waals surface area contributed by atoms with E-state index < -0.39 is 0 Å². The van der Waals surface area contributed by atoms with Crippen molar-refractivity contribution in [1.29, 1.82) is 0 Å². The number of hydrogen-bond acceptors (Lipinski definition) is 7. The number of benzene rings is 1. The number of aromatic amines is 1. The lowest BCUT2D eigenvalue weighted by Gasteiger charge is -2.17. The monoisotopic (exact) mass is 466 g/mol. The Morgan fingerprint density at radius 2 is 2.12 bits per heavy atom. The van der Waals surface area contributed by atoms with E-state index in [2.05, 4.69) is 41.2 Å². The average molecular weight is 467 g/mol. The maximum absolute atomic E-state index is 12.8. The Hall–Kier alpha value is -2.65. The van der Waals surface area contributed by atoms with Crippen molar-refractivity contribution in [1.82, 2.24) is 24.8 Å². The highest BCUT2D eigenvalue weighted by molar-refractivity contribution is 7.98. The molecule has 166 valence electrons. The number of fused-ring (bicyclic) bond motifs is 3. The first-order valence-corrected chi connectivity index (χ1v) is 12.7. The number of thioether (sulfide) groups is 1. The Balaban J connectivity index is 1.31. The Kier molecular flexibility index (Phi) is 5.77. The van der Waals surface area contributed by atoms with E-state index in [0.29, 0.717) is 29.1 Å². The van der Waals surface area contributed by atoms with Crippen molar-refractivity contribution in [3.8, 4) is 0 Å². The third kappa shape index (κ3) is 4.06. The molecule has 1 aromatic carbocycles. The van der Waals surface area contributed by atoms with Gasteiger partial charge in [-0.05, 0) is 42.2 Å². The molecule has 0 fully saturated rings. The van der Waals surface area contributed by atoms with Gasteiger partial charge < -0.3 is 10.8 Å². The van der Waals surface area contributed by atoms with E-state index >= 15 is 0 Å². The zero-order valence-electron chi connectivity index (χ0n) is 18.2. The number of nitrogens with two attached hydrogens (primary N) is 1. The van der Waals surface area contributed by atoms with Gasteiger partial charge >= 0.3 is 0 Å². The molecular formula is C23H26N6OS2. The van der Waals surface area contributed by atoms with Crippen LogP contribution >= 0.6 is 23.1 Å². The number of nitrogen functional groups attached to an aromatic ring is 1. The molecule has 0 unspecified atom stereocenters. The average Bonchev–Trinajstić information content (AvgIpc) is 3.32. The van der Waals surface area contributed by atoms with E-state index in [1.165, 1.54) is 27.8 Å². The molecule has 4 aromatic rings. The maximum atomic E-state index is 12.8. The minimum atomic E-state index is -0.0377. The van der Waals surface area contributed by atoms with Crippen molar-refractivity contribution in [3.63, 3.8) is 0 Å². The fourth-order valence-corrected chi connectivity index (χ4v) is 6.46. The highest BCUT2D eigenvalue weighted by Crippen LogP contribution is 2.35. The second-order valence-corrected chi connectivity index (χ2v) is 10.6. The molecule has 0 saturated heterocycles. The van der Waals surface area contributed by atoms with Crippen LogP contribution in [0.2, 0.25) is 0 Å². The predicted octanol–water partition coefficient (Wildman–Crippen LogP) is 4.05. The van der Waals surface area contributed by atoms with E-state index in [9.17, 15) is 4.79 Å². The van der Waals surface area contributed by atoms with Crippen LogP contribution < -0.4 is 11.4 Å². The summed E-state index contributed by atoms with van der Waals surface area (Å²) in [7, 11) is 0. The van der Waals surface area contributed by atoms with Gasteiger partial charge in [0.15, 0.2) is 5.82 Å². The van der Waals surface area contributed by atoms with Gasteiger partial charge in [-0.2, -0.15) is 0 Å². The van der Waals surface area contributed by atoms with Crippen LogP contribution in [0.1, 0.15) is 53.8 Å². The normalized spacial score (nSPS) is 16.9. The summed E-state index contributed by atoms with van der Waals surface area (Å²) in [6.45, 7) is 4.42. The Morgan fingerprint density at radius 3 is 2.94 bits per heavy atom. The number of nitrogens with one attached hydrogen (secondary N) is 1. The Labute approximate surface area is 194 Å². The van der Waals surface area contributed by atoms with E-state index in [4.69, 9.17) is 10.8 Å². The summed E-state index contributed by atoms with van der Waals surface area (Å²) < 4.78 is 1.55. The first-order valence-electron chi connectivity index (χ1n) is 10.9. The van der Waals surface area contributed by atoms with Crippen LogP contribution in [0.4, 0.5) is 0 Å². The number of aryl methyl sites for hydroxylation is 1. The van der Waals surface area contributed by atoms with E-state index in [1.54, 1.807) is 16.0 Å². The van der Waals surface area contributed by atoms with Crippen molar-refractivity contribution in [2.45, 2.75) is 56.4 Å². The van der Waals surface area contributed by atoms with Gasteiger partial charge in [-0.15, -0.1) is 21.5 Å². The molecule has 5 rings (SSSR count). The molecule has 0 bridgehead atoms. The minimum Gasteiger partial charge on any atom is -0.336 e. The van der Waals surface area contributed by atoms with E-state index in [1.807, 2.05) is 18.2 Å². The fraction of sp³-hybridized carbons (Fsp3) is 0.391. The zero-order valence-corrected chi connectivity index (χ0v) is 19.8. The van der Waals surface area contributed by atoms with Gasteiger partial charge in [0.2, 0.25) is 5.16 Å². The van der Waals surface area contributed by atoms with Gasteiger partial charge in [-0.3, -0.25) is 4.79 Å². The van der Waals surface area contributed by atoms with Crippen LogP contribution in [0.5, 0.6) is 0 Å². The second kappa shape index (κ2) is 8.71. The molecule has 1 aliphatic carbocycles. The van der Waals surface area contributed by atoms with E-state index in [0.717, 1.165) is 35.3 Å². The molecule has 1 aliphatic rings. The molecule has 0 amide bonds. The van der Waals surface area contributed by atoms with Gasteiger partial charge in [-0.25, -0.2) is 9.66 Å². The molecule has 32 heavy (non-hydrogen) atoms. The van der Waals surface area contributed by atoms with Crippen molar-refractivity contribution in [2.24, 2.45) is 5.92 Å². The number of H-pyrrole nitrogens is 1. The third-order valence-electron chi connectivity index (χ3n) is 6.14. The highest BCUT2D eigenvalue weighted by Gasteiger charge is 2.23. The van der Waals surface area contributed by atoms with Gasteiger partial charge in [0.05, 0.1) is 11.1 Å². The number of aromatic nitrogens is 5. The molecule has 0 spiro atoms. The summed E-state index contributed by atoms with van der Waals surface area (Å²) in [5.41, 5.74) is 2.41. The molecular weight excluding hydrogens is 440 g/mol. The van der Waals surface area contributed by atoms with Crippen LogP contribution in [-0.4, -0.2) is 24.8 Å². The van der Waals surface area contributed by atoms with Gasteiger partial charge in [-0.1, -0.05) is 55.9 Å². The largest absolute Gasteiger partial charge is 0.336 e. The van der Waals surface area contributed by atoms with Crippen LogP contribution in [0.15, 0.2) is 40.3 Å². The standard InChI is InChI=1S/C23H26N6OS2/c1-13-8-9-16-17(10-13)32-22-20(16)21(30)25-18(26-22)12-31-23-28-27-19(29(23)24)11-14(2)15-6-4-3-5-7-15/h3-7,13-14H,8-12,24H2,1-2H3,(H,25,26,30)/t13-,14+/m0/s1. The maximum Gasteiger partial charge on any atom is 0.259 e. The second-order valence-electron chi connectivity index (χ2n) is 8.62. The number of nitrogens with zero attached hydrogens (tertiary/aromatic N) is 4. The van der Waals surface area contributed by atoms with Crippen LogP contribution in [0.3, 0.4) is 0 Å². The van der Waals surface area contributed by atoms with Gasteiger partial charge in [0, 0.05) is 11.3 Å². The van der Waals surface area contributed by atoms with Crippen molar-refractivity contribution in [2.75, 3.05) is 5.84 Å². The molecule has 0 radical (unpaired) electrons. The lowest BCUT2D eigenvalue weighted by Crippen LogP contribution is -2.16. The molecule has 3 N–H and O–H groups in total. The van der Waals surface area contributed by atoms with Crippen LogP contribution in [0.25, 0.3) is 10.2 Å². The van der Waals surface area contributed by atoms with Crippen molar-refractivity contribution >= 4 is 33.3 Å². The van der Waals surface area contributed by atoms with Crippen LogP contribution in [-0.2, 0) is 25.0 Å². The lowest BCUT2D eigenvalue weighted by atomic mass is 9.89. The first-order chi connectivity index (χ1) is 15.5. The topological polar surface area (TPSA) is 102 Å². The van der Waals surface area contributed by atoms with Crippen LogP contribution in [0, 0.1) is 5.92 Å². The van der Waals surface area contributed by atoms with Crippen molar-refractivity contribution in [3.05, 3.63) is 68.3 Å². The summed E-state index contributed by atoms with van der Waals surface area (Å²) in [5, 5.41) is 9.94. The van der Waals surface area contributed by atoms with Crippen molar-refractivity contribution < 1.29 is 0 Å². The summed E-state index contributed by atoms with van der Waals surface area (Å²) >= 11 is 3.10. The molecule has 3 heterocycles. The van der Waals surface area contributed by atoms with Gasteiger partial charge in [0.1, 0.15) is 10.7 Å². The Morgan fingerprint density at radius 1 is 1.31 bits per heavy atom. The number of thiophene rings is 1. The predicted molar refractivity (Wildman–Crippen MR) is 130 cm³/mol. The Bertz CT molecular complexity index is 1310. The molecule has 3 aromatic heterocycles. The fourth-order valence-electron chi connectivity index (χ4n) is 4.31. The SMILES string of the molecule is C[C@H]1CCc2c(sc3nc(CSc4nnc(C[C@@H](C)c5ccccc5)n4N)[nH]c(=O)c23)C1. The van der Waals surface area contributed by atoms with E-state index in [-0.39, 0.29) is 11.5 Å². The van der Waals surface area contributed by atoms with Gasteiger partial charge in [0.25, 0.3) is 5.56 Å². The summed E-state index contributed by atoms with van der Waals surface area (Å²) in [5.74, 6) is 9.08. The molecule has 0 saturated carbocycles. The highest BCUT2D eigenvalue weighted by atomic mass is 32.2. The quantitative estimate of drug-likeness (QED) is 0.328.